The highest BCUT2D eigenvalue weighted by molar-refractivity contribution is 5.95. The van der Waals surface area contributed by atoms with Crippen LogP contribution in [-0.2, 0) is 5.54 Å². The number of β-amino-alcohol motifs (C(OH)–C–C–N with tert-alkyl or cyclic N) is 1. The van der Waals surface area contributed by atoms with Crippen LogP contribution in [0.2, 0.25) is 0 Å². The Bertz CT molecular complexity index is 1050. The third-order valence-electron chi connectivity index (χ3n) is 8.11. The highest BCUT2D eigenvalue weighted by Gasteiger charge is 2.56. The second-order valence-corrected chi connectivity index (χ2v) is 9.83. The van der Waals surface area contributed by atoms with Crippen molar-refractivity contribution >= 4 is 11.7 Å². The van der Waals surface area contributed by atoms with Gasteiger partial charge in [0.25, 0.3) is 0 Å². The quantitative estimate of drug-likeness (QED) is 0.732. The zero-order valence-corrected chi connectivity index (χ0v) is 19.0. The summed E-state index contributed by atoms with van der Waals surface area (Å²) >= 11 is 0. The average molecular weight is 447 g/mol. The maximum Gasteiger partial charge on any atom is 0.325 e. The van der Waals surface area contributed by atoms with Crippen LogP contribution >= 0.6 is 0 Å². The molecule has 2 aliphatic carbocycles. The molecule has 1 aliphatic heterocycles. The molecule has 1 spiro atoms. The lowest BCUT2D eigenvalue weighted by Crippen LogP contribution is -2.59. The number of anilines is 1. The van der Waals surface area contributed by atoms with Gasteiger partial charge in [0, 0.05) is 5.54 Å². The maximum absolute atomic E-state index is 13.7. The summed E-state index contributed by atoms with van der Waals surface area (Å²) in [4.78, 5) is 25.4. The summed E-state index contributed by atoms with van der Waals surface area (Å²) < 4.78 is 0. The number of carbonyl (C=O) groups excluding carboxylic acids is 1. The summed E-state index contributed by atoms with van der Waals surface area (Å²) in [5.41, 5.74) is 0.588. The first kappa shape index (κ1) is 21.8. The summed E-state index contributed by atoms with van der Waals surface area (Å²) in [6, 6.07) is 12.3. The number of hydrogen-bond acceptors (Lipinski definition) is 6. The van der Waals surface area contributed by atoms with Crippen LogP contribution in [0, 0.1) is 11.3 Å². The zero-order valence-electron chi connectivity index (χ0n) is 19.0. The Morgan fingerprint density at radius 1 is 1.09 bits per heavy atom. The molecule has 0 radical (unpaired) electrons. The predicted molar refractivity (Wildman–Crippen MR) is 123 cm³/mol. The molecule has 2 saturated carbocycles. The minimum absolute atomic E-state index is 0.0834. The molecule has 0 unspecified atom stereocenters. The molecule has 2 heterocycles. The number of nitrogens with one attached hydrogen (secondary N) is 1. The van der Waals surface area contributed by atoms with Gasteiger partial charge >= 0.3 is 6.03 Å². The standard InChI is InChI=1S/C25H30N6O2/c1-27-25(19-6-3-2-4-7-19)12-10-23(11-13-25)17-30(20-15-28-21(14-26)29-16-20)22(32)31(23)18-24(33)8-5-9-24/h2-4,6-7,15-16,27,33H,5,8-13,17-18H2,1H3/t23-,25+. The third kappa shape index (κ3) is 3.65. The Morgan fingerprint density at radius 3 is 2.30 bits per heavy atom. The monoisotopic (exact) mass is 446 g/mol. The third-order valence-corrected chi connectivity index (χ3v) is 8.11. The molecule has 8 nitrogen and oxygen atoms in total. The predicted octanol–water partition coefficient (Wildman–Crippen LogP) is 2.93. The Morgan fingerprint density at radius 2 is 1.76 bits per heavy atom. The number of urea groups is 1. The molecule has 33 heavy (non-hydrogen) atoms. The number of amides is 2. The van der Waals surface area contributed by atoms with Crippen molar-refractivity contribution in [2.24, 2.45) is 0 Å². The average Bonchev–Trinajstić information content (AvgIpc) is 3.10. The largest absolute Gasteiger partial charge is 0.388 e. The number of nitrogens with zero attached hydrogens (tertiary/aromatic N) is 5. The van der Waals surface area contributed by atoms with Gasteiger partial charge in [0.2, 0.25) is 5.82 Å². The van der Waals surface area contributed by atoms with Crippen LogP contribution < -0.4 is 10.2 Å². The highest BCUT2D eigenvalue weighted by Crippen LogP contribution is 2.48. The van der Waals surface area contributed by atoms with Gasteiger partial charge in [-0.3, -0.25) is 4.90 Å². The van der Waals surface area contributed by atoms with Gasteiger partial charge in [0.05, 0.1) is 42.3 Å². The molecule has 8 heteroatoms. The molecule has 1 saturated heterocycles. The molecule has 0 bridgehead atoms. The van der Waals surface area contributed by atoms with Crippen LogP contribution in [0.4, 0.5) is 10.5 Å². The van der Waals surface area contributed by atoms with Gasteiger partial charge in [-0.1, -0.05) is 30.3 Å². The molecule has 3 fully saturated rings. The fraction of sp³-hybridized carbons (Fsp3) is 0.520. The van der Waals surface area contributed by atoms with E-state index < -0.39 is 5.60 Å². The molecule has 5 rings (SSSR count). The van der Waals surface area contributed by atoms with Gasteiger partial charge in [-0.25, -0.2) is 14.8 Å². The molecule has 172 valence electrons. The van der Waals surface area contributed by atoms with Crippen molar-refractivity contribution in [3.05, 3.63) is 54.1 Å². The van der Waals surface area contributed by atoms with Crippen molar-refractivity contribution in [1.29, 1.82) is 5.26 Å². The Hall–Kier alpha value is -3.02. The lowest BCUT2D eigenvalue weighted by atomic mass is 9.68. The van der Waals surface area contributed by atoms with Gasteiger partial charge in [-0.15, -0.1) is 0 Å². The van der Waals surface area contributed by atoms with Gasteiger partial charge in [0.1, 0.15) is 6.07 Å². The normalized spacial score (nSPS) is 28.6. The number of benzene rings is 1. The Balaban J connectivity index is 1.45. The van der Waals surface area contributed by atoms with E-state index in [0.29, 0.717) is 18.8 Å². The van der Waals surface area contributed by atoms with Crippen molar-refractivity contribution in [3.63, 3.8) is 0 Å². The van der Waals surface area contributed by atoms with Crippen LogP contribution in [0.25, 0.3) is 0 Å². The molecule has 2 aromatic rings. The van der Waals surface area contributed by atoms with Crippen LogP contribution in [0.15, 0.2) is 42.7 Å². The van der Waals surface area contributed by atoms with Gasteiger partial charge in [-0.05, 0) is 57.6 Å². The fourth-order valence-electron chi connectivity index (χ4n) is 5.80. The molecular formula is C25H30N6O2. The smallest absolute Gasteiger partial charge is 0.325 e. The van der Waals surface area contributed by atoms with Crippen molar-refractivity contribution in [2.45, 2.75) is 61.6 Å². The number of aliphatic hydroxyl groups is 1. The zero-order chi connectivity index (χ0) is 23.1. The second-order valence-electron chi connectivity index (χ2n) is 9.83. The van der Waals surface area contributed by atoms with Crippen molar-refractivity contribution in [3.8, 4) is 6.07 Å². The van der Waals surface area contributed by atoms with Gasteiger partial charge in [-0.2, -0.15) is 5.26 Å². The van der Waals surface area contributed by atoms with E-state index >= 15 is 0 Å². The van der Waals surface area contributed by atoms with E-state index in [-0.39, 0.29) is 22.9 Å². The minimum atomic E-state index is -0.795. The second kappa shape index (κ2) is 8.08. The lowest BCUT2D eigenvalue weighted by molar-refractivity contribution is -0.0690. The summed E-state index contributed by atoms with van der Waals surface area (Å²) in [5, 5.41) is 23.6. The number of aromatic nitrogens is 2. The first-order chi connectivity index (χ1) is 15.9. The number of nitriles is 1. The van der Waals surface area contributed by atoms with E-state index in [1.807, 2.05) is 24.1 Å². The van der Waals surface area contributed by atoms with Crippen molar-refractivity contribution < 1.29 is 9.90 Å². The van der Waals surface area contributed by atoms with Crippen LogP contribution in [0.3, 0.4) is 0 Å². The molecule has 2 amide bonds. The fourth-order valence-corrected chi connectivity index (χ4v) is 5.80. The van der Waals surface area contributed by atoms with Crippen LogP contribution in [-0.4, -0.2) is 57.3 Å². The summed E-state index contributed by atoms with van der Waals surface area (Å²) in [6.45, 7) is 0.892. The summed E-state index contributed by atoms with van der Waals surface area (Å²) in [6.07, 6.45) is 9.01. The molecular weight excluding hydrogens is 416 g/mol. The van der Waals surface area contributed by atoms with Crippen LogP contribution in [0.5, 0.6) is 0 Å². The SMILES string of the molecule is CN[C@]1(c2ccccc2)CC[C@]2(CC1)CN(c1cnc(C#N)nc1)C(=O)N2CC1(O)CCC1. The van der Waals surface area contributed by atoms with E-state index in [1.54, 1.807) is 17.3 Å². The first-order valence-corrected chi connectivity index (χ1v) is 11.7. The molecule has 1 aromatic heterocycles. The molecule has 1 aromatic carbocycles. The summed E-state index contributed by atoms with van der Waals surface area (Å²) in [5.74, 6) is 0.0834. The number of carbonyl (C=O) groups is 1. The van der Waals surface area contributed by atoms with E-state index in [0.717, 1.165) is 44.9 Å². The van der Waals surface area contributed by atoms with Crippen molar-refractivity contribution in [2.75, 3.05) is 25.0 Å². The van der Waals surface area contributed by atoms with Gasteiger partial charge < -0.3 is 15.3 Å². The molecule has 2 N–H and O–H groups in total. The van der Waals surface area contributed by atoms with E-state index in [4.69, 9.17) is 5.26 Å². The first-order valence-electron chi connectivity index (χ1n) is 11.7. The molecule has 3 aliphatic rings. The Labute approximate surface area is 194 Å². The maximum atomic E-state index is 13.7. The van der Waals surface area contributed by atoms with Crippen molar-refractivity contribution in [1.82, 2.24) is 20.2 Å². The van der Waals surface area contributed by atoms with E-state index in [9.17, 15) is 9.90 Å². The number of rotatable bonds is 5. The van der Waals surface area contributed by atoms with E-state index in [2.05, 4.69) is 39.6 Å². The number of hydrogen-bond donors (Lipinski definition) is 2. The minimum Gasteiger partial charge on any atom is -0.388 e. The lowest BCUT2D eigenvalue weighted by Gasteiger charge is -2.50. The topological polar surface area (TPSA) is 105 Å². The summed E-state index contributed by atoms with van der Waals surface area (Å²) in [7, 11) is 2.01. The van der Waals surface area contributed by atoms with Crippen LogP contribution in [0.1, 0.15) is 56.3 Å². The molecule has 0 atom stereocenters. The highest BCUT2D eigenvalue weighted by atomic mass is 16.3. The van der Waals surface area contributed by atoms with Gasteiger partial charge in [0.15, 0.2) is 0 Å². The Kier molecular flexibility index (Phi) is 5.34. The van der Waals surface area contributed by atoms with E-state index in [1.165, 1.54) is 5.56 Å².